The average Bonchev–Trinajstić information content (AvgIpc) is 3.12. The molecule has 0 bridgehead atoms. The first-order valence-corrected chi connectivity index (χ1v) is 11.4. The zero-order valence-corrected chi connectivity index (χ0v) is 18.0. The lowest BCUT2D eigenvalue weighted by molar-refractivity contribution is -0.135. The van der Waals surface area contributed by atoms with Gasteiger partial charge in [0.1, 0.15) is 28.8 Å². The Morgan fingerprint density at radius 2 is 2.00 bits per heavy atom. The molecule has 0 aromatic heterocycles. The van der Waals surface area contributed by atoms with Gasteiger partial charge in [0.05, 0.1) is 23.7 Å². The number of sulfonamides is 1. The normalized spacial score (nSPS) is 21.3. The van der Waals surface area contributed by atoms with Gasteiger partial charge in [-0.2, -0.15) is 8.42 Å². The van der Waals surface area contributed by atoms with Crippen molar-refractivity contribution in [2.24, 2.45) is 4.40 Å². The second-order valence-electron chi connectivity index (χ2n) is 7.32. The van der Waals surface area contributed by atoms with Crippen LogP contribution in [0, 0.1) is 5.82 Å². The number of para-hydroxylation sites is 1. The number of likely N-dealkylation sites (tertiary alicyclic amines) is 1. The Kier molecular flexibility index (Phi) is 5.87. The smallest absolute Gasteiger partial charge is 0.286 e. The number of benzene rings is 2. The van der Waals surface area contributed by atoms with Gasteiger partial charge >= 0.3 is 0 Å². The maximum absolute atomic E-state index is 14.1. The summed E-state index contributed by atoms with van der Waals surface area (Å²) < 4.78 is 56.1. The molecule has 0 spiro atoms. The third-order valence-electron chi connectivity index (χ3n) is 5.05. The monoisotopic (exact) mass is 482 g/mol. The largest absolute Gasteiger partial charge is 0.341 e. The first-order chi connectivity index (χ1) is 15.1. The summed E-state index contributed by atoms with van der Waals surface area (Å²) in [6, 6.07) is 8.58. The Bertz CT molecular complexity index is 1240. The molecule has 0 saturated carbocycles. The van der Waals surface area contributed by atoms with E-state index in [1.165, 1.54) is 24.3 Å². The van der Waals surface area contributed by atoms with Gasteiger partial charge in [0, 0.05) is 12.1 Å². The molecule has 1 saturated heterocycles. The topological polar surface area (TPSA) is 108 Å². The number of amides is 2. The number of hydrogen-bond donors (Lipinski definition) is 2. The van der Waals surface area contributed by atoms with Crippen molar-refractivity contribution in [1.82, 2.24) is 4.90 Å². The molecule has 168 valence electrons. The van der Waals surface area contributed by atoms with Crippen LogP contribution in [0.15, 0.2) is 51.8 Å². The van der Waals surface area contributed by atoms with E-state index < -0.39 is 46.3 Å². The number of nitrogens with one attached hydrogen (secondary N) is 2. The molecule has 2 amide bonds. The molecule has 32 heavy (non-hydrogen) atoms. The van der Waals surface area contributed by atoms with Crippen molar-refractivity contribution in [3.05, 3.63) is 53.3 Å². The van der Waals surface area contributed by atoms with Gasteiger partial charge in [0.25, 0.3) is 10.0 Å². The minimum absolute atomic E-state index is 0.0198. The molecule has 0 aliphatic carbocycles. The summed E-state index contributed by atoms with van der Waals surface area (Å²) >= 11 is 5.62. The van der Waals surface area contributed by atoms with Crippen LogP contribution in [-0.2, 0) is 19.6 Å². The lowest BCUT2D eigenvalue weighted by Gasteiger charge is -2.25. The zero-order chi connectivity index (χ0) is 23.0. The Morgan fingerprint density at radius 1 is 1.25 bits per heavy atom. The van der Waals surface area contributed by atoms with Crippen molar-refractivity contribution in [2.75, 3.05) is 17.2 Å². The van der Waals surface area contributed by atoms with Crippen molar-refractivity contribution in [3.63, 3.8) is 0 Å². The predicted molar refractivity (Wildman–Crippen MR) is 114 cm³/mol. The number of rotatable bonds is 4. The predicted octanol–water partition coefficient (Wildman–Crippen LogP) is 2.96. The average molecular weight is 483 g/mol. The van der Waals surface area contributed by atoms with E-state index in [1.807, 2.05) is 0 Å². The number of hydrogen-bond acceptors (Lipinski definition) is 5. The minimum Gasteiger partial charge on any atom is -0.341 e. The van der Waals surface area contributed by atoms with Gasteiger partial charge in [-0.05, 0) is 30.3 Å². The van der Waals surface area contributed by atoms with Crippen LogP contribution < -0.4 is 10.6 Å². The van der Waals surface area contributed by atoms with Crippen LogP contribution in [0.2, 0.25) is 5.02 Å². The second kappa shape index (κ2) is 8.47. The maximum atomic E-state index is 14.1. The van der Waals surface area contributed by atoms with Crippen LogP contribution in [-0.4, -0.2) is 49.7 Å². The van der Waals surface area contributed by atoms with Crippen LogP contribution in [0.1, 0.15) is 12.8 Å². The standard InChI is InChI=1S/C20H17ClF2N4O4S/c21-13-6-5-12(8-14(13)23)24-20(29)16-7-11(22)10-27(16)19(28)9-18-25-15-3-1-2-4-17(15)32(30,31)26-18/h1-6,8,11,16H,7,9-10H2,(H,24,29)(H,25,26)/t11-,16+/m1/s1. The summed E-state index contributed by atoms with van der Waals surface area (Å²) in [5.74, 6) is -2.24. The molecule has 0 radical (unpaired) electrons. The molecule has 2 heterocycles. The summed E-state index contributed by atoms with van der Waals surface area (Å²) in [5.41, 5.74) is 0.377. The molecular weight excluding hydrogens is 466 g/mol. The van der Waals surface area contributed by atoms with E-state index in [1.54, 1.807) is 12.1 Å². The van der Waals surface area contributed by atoms with E-state index in [0.717, 1.165) is 11.0 Å². The van der Waals surface area contributed by atoms with Gasteiger partial charge in [-0.25, -0.2) is 8.78 Å². The molecule has 2 aromatic carbocycles. The molecule has 2 aliphatic rings. The van der Waals surface area contributed by atoms with E-state index in [4.69, 9.17) is 11.6 Å². The number of alkyl halides is 1. The zero-order valence-electron chi connectivity index (χ0n) is 16.4. The van der Waals surface area contributed by atoms with Crippen molar-refractivity contribution < 1.29 is 26.8 Å². The first kappa shape index (κ1) is 22.2. The van der Waals surface area contributed by atoms with Crippen LogP contribution >= 0.6 is 11.6 Å². The van der Waals surface area contributed by atoms with Gasteiger partial charge in [-0.3, -0.25) is 9.59 Å². The third-order valence-corrected chi connectivity index (χ3v) is 6.73. The highest BCUT2D eigenvalue weighted by Gasteiger charge is 2.40. The van der Waals surface area contributed by atoms with E-state index in [2.05, 4.69) is 15.0 Å². The van der Waals surface area contributed by atoms with Crippen molar-refractivity contribution >= 4 is 50.6 Å². The van der Waals surface area contributed by atoms with Crippen molar-refractivity contribution in [1.29, 1.82) is 0 Å². The molecule has 1 fully saturated rings. The molecule has 0 unspecified atom stereocenters. The number of fused-ring (bicyclic) bond motifs is 1. The summed E-state index contributed by atoms with van der Waals surface area (Å²) in [6.45, 7) is -0.331. The first-order valence-electron chi connectivity index (χ1n) is 9.53. The Hall–Kier alpha value is -3.05. The highest BCUT2D eigenvalue weighted by Crippen LogP contribution is 2.28. The highest BCUT2D eigenvalue weighted by atomic mass is 35.5. The van der Waals surface area contributed by atoms with Crippen LogP contribution in [0.3, 0.4) is 0 Å². The molecule has 8 nitrogen and oxygen atoms in total. The van der Waals surface area contributed by atoms with Crippen LogP contribution in [0.5, 0.6) is 0 Å². The molecule has 2 N–H and O–H groups in total. The van der Waals surface area contributed by atoms with Crippen molar-refractivity contribution in [2.45, 2.75) is 30.0 Å². The summed E-state index contributed by atoms with van der Waals surface area (Å²) in [6.07, 6.45) is -2.16. The number of anilines is 2. The quantitative estimate of drug-likeness (QED) is 0.696. The van der Waals surface area contributed by atoms with Gasteiger partial charge in [0.2, 0.25) is 11.8 Å². The molecule has 4 rings (SSSR count). The van der Waals surface area contributed by atoms with Gasteiger partial charge in [0.15, 0.2) is 0 Å². The maximum Gasteiger partial charge on any atom is 0.286 e. The Labute approximate surface area is 187 Å². The summed E-state index contributed by atoms with van der Waals surface area (Å²) in [4.78, 5) is 26.5. The fraction of sp³-hybridized carbons (Fsp3) is 0.250. The molecule has 2 aliphatic heterocycles. The van der Waals surface area contributed by atoms with Crippen LogP contribution in [0.25, 0.3) is 0 Å². The summed E-state index contributed by atoms with van der Waals surface area (Å²) in [5, 5.41) is 5.11. The number of amidine groups is 1. The van der Waals surface area contributed by atoms with Gasteiger partial charge in [-0.15, -0.1) is 4.40 Å². The van der Waals surface area contributed by atoms with E-state index >= 15 is 0 Å². The molecule has 2 aromatic rings. The number of nitrogens with zero attached hydrogens (tertiary/aromatic N) is 2. The fourth-order valence-electron chi connectivity index (χ4n) is 3.60. The lowest BCUT2D eigenvalue weighted by Crippen LogP contribution is -2.44. The molecule has 12 heteroatoms. The second-order valence-corrected chi connectivity index (χ2v) is 9.30. The highest BCUT2D eigenvalue weighted by molar-refractivity contribution is 7.90. The SMILES string of the molecule is O=C(Nc1ccc(Cl)c(F)c1)[C@@H]1C[C@@H](F)CN1C(=O)CC1=NS(=O)(=O)c2ccccc2N1. The Morgan fingerprint density at radius 3 is 2.75 bits per heavy atom. The summed E-state index contributed by atoms with van der Waals surface area (Å²) in [7, 11) is -3.99. The van der Waals surface area contributed by atoms with E-state index in [-0.39, 0.29) is 40.1 Å². The third kappa shape index (κ3) is 4.44. The Balaban J connectivity index is 1.49. The number of carbonyl (C=O) groups is 2. The molecular formula is C20H17ClF2N4O4S. The van der Waals surface area contributed by atoms with Gasteiger partial charge in [-0.1, -0.05) is 23.7 Å². The minimum atomic E-state index is -3.99. The van der Waals surface area contributed by atoms with E-state index in [0.29, 0.717) is 0 Å². The van der Waals surface area contributed by atoms with Crippen molar-refractivity contribution in [3.8, 4) is 0 Å². The van der Waals surface area contributed by atoms with E-state index in [9.17, 15) is 26.8 Å². The number of carbonyl (C=O) groups excluding carboxylic acids is 2. The van der Waals surface area contributed by atoms with Crippen LogP contribution in [0.4, 0.5) is 20.2 Å². The number of halogens is 3. The molecule has 2 atom stereocenters. The fourth-order valence-corrected chi connectivity index (χ4v) is 4.86. The lowest BCUT2D eigenvalue weighted by atomic mass is 10.1. The van der Waals surface area contributed by atoms with Gasteiger partial charge < -0.3 is 15.5 Å².